The van der Waals surface area contributed by atoms with E-state index >= 15 is 0 Å². The number of benzene rings is 1. The van der Waals surface area contributed by atoms with Crippen LogP contribution in [-0.2, 0) is 5.41 Å². The Morgan fingerprint density at radius 3 is 2.28 bits per heavy atom. The van der Waals surface area contributed by atoms with Crippen LogP contribution >= 0.6 is 11.3 Å². The predicted molar refractivity (Wildman–Crippen MR) is 96.2 cm³/mol. The molecule has 0 saturated carbocycles. The topological polar surface area (TPSA) is 84.9 Å². The first-order valence-corrected chi connectivity index (χ1v) is 8.44. The van der Waals surface area contributed by atoms with Crippen LogP contribution in [0.1, 0.15) is 38.8 Å². The molecule has 0 saturated heterocycles. The van der Waals surface area contributed by atoms with Crippen LogP contribution in [0, 0.1) is 0 Å². The van der Waals surface area contributed by atoms with Crippen molar-refractivity contribution in [1.29, 1.82) is 0 Å². The highest BCUT2D eigenvalue weighted by molar-refractivity contribution is 7.15. The molecule has 0 spiro atoms. The molecule has 2 aromatic rings. The zero-order chi connectivity index (χ0) is 18.6. The second-order valence-electron chi connectivity index (χ2n) is 6.11. The van der Waals surface area contributed by atoms with Gasteiger partial charge < -0.3 is 19.9 Å². The van der Waals surface area contributed by atoms with Crippen LogP contribution < -0.4 is 14.8 Å². The van der Waals surface area contributed by atoms with Crippen molar-refractivity contribution in [3.8, 4) is 11.5 Å². The number of methoxy groups -OCH3 is 2. The van der Waals surface area contributed by atoms with Crippen LogP contribution in [0.25, 0.3) is 0 Å². The van der Waals surface area contributed by atoms with Crippen LogP contribution in [0.3, 0.4) is 0 Å². The van der Waals surface area contributed by atoms with Crippen molar-refractivity contribution in [3.05, 3.63) is 45.6 Å². The normalized spacial score (nSPS) is 11.0. The molecule has 0 aliphatic rings. The molecule has 7 heteroatoms. The number of carbonyl (C=O) groups is 2. The Labute approximate surface area is 150 Å². The van der Waals surface area contributed by atoms with Crippen molar-refractivity contribution in [2.75, 3.05) is 20.8 Å². The standard InChI is InChI=1S/C18H21NO5S/c1-18(2,11-5-6-12(23-3)13(9-11)24-4)10-19-16(20)14-7-8-15(25-14)17(21)22/h5-9H,10H2,1-4H3,(H,19,20)(H,21,22). The number of hydrogen-bond donors (Lipinski definition) is 2. The Morgan fingerprint density at radius 2 is 1.72 bits per heavy atom. The fourth-order valence-corrected chi connectivity index (χ4v) is 3.08. The number of carboxylic acid groups (broad SMARTS) is 1. The molecule has 0 bridgehead atoms. The Bertz CT molecular complexity index is 782. The lowest BCUT2D eigenvalue weighted by molar-refractivity contribution is 0.0702. The van der Waals surface area contributed by atoms with Gasteiger partial charge in [0.15, 0.2) is 11.5 Å². The Balaban J connectivity index is 2.10. The van der Waals surface area contributed by atoms with Gasteiger partial charge in [-0.15, -0.1) is 11.3 Å². The van der Waals surface area contributed by atoms with Gasteiger partial charge in [0.25, 0.3) is 5.91 Å². The first-order chi connectivity index (χ1) is 11.8. The molecule has 0 atom stereocenters. The van der Waals surface area contributed by atoms with E-state index in [0.29, 0.717) is 22.9 Å². The Hall–Kier alpha value is -2.54. The monoisotopic (exact) mass is 363 g/mol. The SMILES string of the molecule is COc1ccc(C(C)(C)CNC(=O)c2ccc(C(=O)O)s2)cc1OC. The molecule has 1 amide bonds. The van der Waals surface area contributed by atoms with E-state index in [2.05, 4.69) is 5.32 Å². The fourth-order valence-electron chi connectivity index (χ4n) is 2.32. The smallest absolute Gasteiger partial charge is 0.345 e. The maximum Gasteiger partial charge on any atom is 0.345 e. The molecule has 2 rings (SSSR count). The second-order valence-corrected chi connectivity index (χ2v) is 7.19. The molecule has 0 aliphatic carbocycles. The van der Waals surface area contributed by atoms with E-state index in [1.165, 1.54) is 12.1 Å². The van der Waals surface area contributed by atoms with Crippen LogP contribution in [0.5, 0.6) is 11.5 Å². The van der Waals surface area contributed by atoms with Crippen LogP contribution in [0.2, 0.25) is 0 Å². The van der Waals surface area contributed by atoms with Gasteiger partial charge in [0.05, 0.1) is 19.1 Å². The van der Waals surface area contributed by atoms with E-state index in [1.54, 1.807) is 14.2 Å². The number of nitrogens with one attached hydrogen (secondary N) is 1. The molecule has 0 aliphatic heterocycles. The molecule has 0 fully saturated rings. The van der Waals surface area contributed by atoms with Crippen molar-refractivity contribution in [1.82, 2.24) is 5.32 Å². The summed E-state index contributed by atoms with van der Waals surface area (Å²) in [6.45, 7) is 4.40. The van der Waals surface area contributed by atoms with Gasteiger partial charge in [-0.2, -0.15) is 0 Å². The summed E-state index contributed by atoms with van der Waals surface area (Å²) in [7, 11) is 3.16. The number of thiophene rings is 1. The van der Waals surface area contributed by atoms with Gasteiger partial charge in [0.2, 0.25) is 0 Å². The predicted octanol–water partition coefficient (Wildman–Crippen LogP) is 3.17. The third-order valence-corrected chi connectivity index (χ3v) is 4.97. The average Bonchev–Trinajstić information content (AvgIpc) is 3.09. The Morgan fingerprint density at radius 1 is 1.08 bits per heavy atom. The maximum atomic E-state index is 12.2. The van der Waals surface area contributed by atoms with Gasteiger partial charge in [-0.3, -0.25) is 4.79 Å². The number of amides is 1. The number of aromatic carboxylic acids is 1. The molecule has 25 heavy (non-hydrogen) atoms. The minimum Gasteiger partial charge on any atom is -0.493 e. The second kappa shape index (κ2) is 7.57. The van der Waals surface area contributed by atoms with Crippen molar-refractivity contribution in [3.63, 3.8) is 0 Å². The van der Waals surface area contributed by atoms with Gasteiger partial charge in [-0.05, 0) is 29.8 Å². The maximum absolute atomic E-state index is 12.2. The molecule has 1 heterocycles. The van der Waals surface area contributed by atoms with E-state index < -0.39 is 5.97 Å². The van der Waals surface area contributed by atoms with E-state index in [0.717, 1.165) is 16.9 Å². The highest BCUT2D eigenvalue weighted by Gasteiger charge is 2.24. The number of rotatable bonds is 7. The lowest BCUT2D eigenvalue weighted by Crippen LogP contribution is -2.36. The largest absolute Gasteiger partial charge is 0.493 e. The third-order valence-electron chi connectivity index (χ3n) is 3.90. The van der Waals surface area contributed by atoms with E-state index in [-0.39, 0.29) is 16.2 Å². The average molecular weight is 363 g/mol. The quantitative estimate of drug-likeness (QED) is 0.789. The molecule has 6 nitrogen and oxygen atoms in total. The molecule has 1 aromatic carbocycles. The summed E-state index contributed by atoms with van der Waals surface area (Å²) >= 11 is 0.958. The van der Waals surface area contributed by atoms with Crippen molar-refractivity contribution in [2.24, 2.45) is 0 Å². The number of hydrogen-bond acceptors (Lipinski definition) is 5. The summed E-state index contributed by atoms with van der Waals surface area (Å²) in [6, 6.07) is 8.60. The third kappa shape index (κ3) is 4.30. The van der Waals surface area contributed by atoms with Crippen molar-refractivity contribution < 1.29 is 24.2 Å². The zero-order valence-electron chi connectivity index (χ0n) is 14.6. The van der Waals surface area contributed by atoms with Crippen LogP contribution in [0.4, 0.5) is 0 Å². The minimum atomic E-state index is -1.03. The molecule has 0 unspecified atom stereocenters. The summed E-state index contributed by atoms with van der Waals surface area (Å²) in [4.78, 5) is 23.7. The number of ether oxygens (including phenoxy) is 2. The Kier molecular flexibility index (Phi) is 5.69. The zero-order valence-corrected chi connectivity index (χ0v) is 15.4. The summed E-state index contributed by atoms with van der Waals surface area (Å²) < 4.78 is 10.6. The lowest BCUT2D eigenvalue weighted by atomic mass is 9.84. The highest BCUT2D eigenvalue weighted by atomic mass is 32.1. The molecule has 134 valence electrons. The first kappa shape index (κ1) is 18.8. The minimum absolute atomic E-state index is 0.143. The molecular formula is C18H21NO5S. The molecular weight excluding hydrogens is 342 g/mol. The molecule has 1 aromatic heterocycles. The lowest BCUT2D eigenvalue weighted by Gasteiger charge is -2.26. The summed E-state index contributed by atoms with van der Waals surface area (Å²) in [6.07, 6.45) is 0. The van der Waals surface area contributed by atoms with E-state index in [4.69, 9.17) is 14.6 Å². The van der Waals surface area contributed by atoms with Gasteiger partial charge in [-0.25, -0.2) is 4.79 Å². The number of carboxylic acids is 1. The highest BCUT2D eigenvalue weighted by Crippen LogP contribution is 2.33. The van der Waals surface area contributed by atoms with Gasteiger partial charge in [0.1, 0.15) is 4.88 Å². The fraction of sp³-hybridized carbons (Fsp3) is 0.333. The van der Waals surface area contributed by atoms with Crippen LogP contribution in [-0.4, -0.2) is 37.7 Å². The first-order valence-electron chi connectivity index (χ1n) is 7.62. The van der Waals surface area contributed by atoms with Crippen molar-refractivity contribution in [2.45, 2.75) is 19.3 Å². The summed E-state index contributed by atoms with van der Waals surface area (Å²) in [5.41, 5.74) is 0.644. The number of carbonyl (C=O) groups excluding carboxylic acids is 1. The van der Waals surface area contributed by atoms with Gasteiger partial charge in [-0.1, -0.05) is 19.9 Å². The van der Waals surface area contributed by atoms with Crippen LogP contribution in [0.15, 0.2) is 30.3 Å². The van der Waals surface area contributed by atoms with E-state index in [1.807, 2.05) is 32.0 Å². The van der Waals surface area contributed by atoms with Gasteiger partial charge in [0, 0.05) is 12.0 Å². The summed E-state index contributed by atoms with van der Waals surface area (Å²) in [5, 5.41) is 11.8. The molecule has 2 N–H and O–H groups in total. The van der Waals surface area contributed by atoms with Gasteiger partial charge >= 0.3 is 5.97 Å². The van der Waals surface area contributed by atoms with Crippen molar-refractivity contribution >= 4 is 23.2 Å². The molecule has 0 radical (unpaired) electrons. The van der Waals surface area contributed by atoms with E-state index in [9.17, 15) is 9.59 Å². The summed E-state index contributed by atoms with van der Waals surface area (Å²) in [5.74, 6) is -0.0459.